The average Bonchev–Trinajstić information content (AvgIpc) is 3.18. The lowest BCUT2D eigenvalue weighted by Gasteiger charge is -2.29. The van der Waals surface area contributed by atoms with Crippen LogP contribution in [0.1, 0.15) is 38.3 Å². The van der Waals surface area contributed by atoms with Gasteiger partial charge in [-0.1, -0.05) is 12.1 Å². The molecule has 8 heteroatoms. The van der Waals surface area contributed by atoms with Crippen LogP contribution in [0.25, 0.3) is 22.2 Å². The van der Waals surface area contributed by atoms with E-state index in [1.165, 1.54) is 4.31 Å². The number of hydrogen-bond donors (Lipinski definition) is 0. The molecule has 5 rings (SSSR count). The number of hydrogen-bond acceptors (Lipinski definition) is 5. The fourth-order valence-electron chi connectivity index (χ4n) is 5.11. The highest BCUT2D eigenvalue weighted by atomic mass is 32.2. The van der Waals surface area contributed by atoms with Crippen molar-refractivity contribution in [3.8, 4) is 17.3 Å². The Morgan fingerprint density at radius 3 is 2.32 bits per heavy atom. The van der Waals surface area contributed by atoms with Gasteiger partial charge in [0.2, 0.25) is 10.0 Å². The highest BCUT2D eigenvalue weighted by Crippen LogP contribution is 2.38. The zero-order chi connectivity index (χ0) is 23.9. The smallest absolute Gasteiger partial charge is 0.235 e. The van der Waals surface area contributed by atoms with Gasteiger partial charge in [-0.05, 0) is 62.6 Å². The molecule has 2 aromatic carbocycles. The van der Waals surface area contributed by atoms with Gasteiger partial charge in [0, 0.05) is 36.7 Å². The van der Waals surface area contributed by atoms with Gasteiger partial charge in [0.25, 0.3) is 0 Å². The summed E-state index contributed by atoms with van der Waals surface area (Å²) in [6.45, 7) is 7.91. The number of nitriles is 1. The molecule has 0 aliphatic carbocycles. The Labute approximate surface area is 201 Å². The van der Waals surface area contributed by atoms with Gasteiger partial charge < -0.3 is 14.2 Å². The molecule has 0 amide bonds. The molecular weight excluding hydrogens is 448 g/mol. The third-order valence-corrected chi connectivity index (χ3v) is 8.64. The molecule has 0 spiro atoms. The van der Waals surface area contributed by atoms with Gasteiger partial charge in [-0.3, -0.25) is 4.31 Å². The molecule has 2 fully saturated rings. The second-order valence-corrected chi connectivity index (χ2v) is 11.3. The van der Waals surface area contributed by atoms with Crippen LogP contribution < -0.4 is 9.21 Å². The molecule has 0 radical (unpaired) electrons. The van der Waals surface area contributed by atoms with Crippen molar-refractivity contribution in [1.82, 2.24) is 4.57 Å². The second-order valence-electron chi connectivity index (χ2n) is 9.24. The monoisotopic (exact) mass is 478 g/mol. The number of ether oxygens (including phenoxy) is 1. The summed E-state index contributed by atoms with van der Waals surface area (Å²) < 4.78 is 34.3. The van der Waals surface area contributed by atoms with Crippen LogP contribution in [-0.4, -0.2) is 51.6 Å². The van der Waals surface area contributed by atoms with E-state index in [0.29, 0.717) is 24.2 Å². The normalized spacial score (nSPS) is 18.4. The predicted molar refractivity (Wildman–Crippen MR) is 136 cm³/mol. The minimum absolute atomic E-state index is 0.140. The highest BCUT2D eigenvalue weighted by molar-refractivity contribution is 7.92. The maximum Gasteiger partial charge on any atom is 0.235 e. The Bertz CT molecular complexity index is 1350. The van der Waals surface area contributed by atoms with Gasteiger partial charge in [-0.2, -0.15) is 5.26 Å². The van der Waals surface area contributed by atoms with Crippen LogP contribution >= 0.6 is 0 Å². The lowest BCUT2D eigenvalue weighted by Crippen LogP contribution is -2.37. The lowest BCUT2D eigenvalue weighted by atomic mass is 10.1. The SMILES string of the molecule is CC(C)n1c(-c2ccc(N3CCCCS3(=O)=O)cc2)c(C#N)c2ccc(N3CCOCC3)cc21. The highest BCUT2D eigenvalue weighted by Gasteiger charge is 2.27. The fourth-order valence-corrected chi connectivity index (χ4v) is 6.75. The number of anilines is 2. The van der Waals surface area contributed by atoms with E-state index in [9.17, 15) is 13.7 Å². The molecule has 0 unspecified atom stereocenters. The van der Waals surface area contributed by atoms with Crippen LogP contribution in [0.3, 0.4) is 0 Å². The van der Waals surface area contributed by atoms with Crippen molar-refractivity contribution in [2.24, 2.45) is 0 Å². The predicted octanol–water partition coefficient (Wildman–Crippen LogP) is 4.53. The van der Waals surface area contributed by atoms with Crippen LogP contribution in [0, 0.1) is 11.3 Å². The molecule has 1 aromatic heterocycles. The summed E-state index contributed by atoms with van der Waals surface area (Å²) in [5, 5.41) is 11.1. The van der Waals surface area contributed by atoms with Crippen molar-refractivity contribution in [2.45, 2.75) is 32.7 Å². The molecule has 178 valence electrons. The second kappa shape index (κ2) is 8.97. The van der Waals surface area contributed by atoms with Crippen molar-refractivity contribution in [3.63, 3.8) is 0 Å². The van der Waals surface area contributed by atoms with Crippen LogP contribution in [0.5, 0.6) is 0 Å². The van der Waals surface area contributed by atoms with E-state index >= 15 is 0 Å². The summed E-state index contributed by atoms with van der Waals surface area (Å²) in [6, 6.07) is 16.5. The molecule has 7 nitrogen and oxygen atoms in total. The summed E-state index contributed by atoms with van der Waals surface area (Å²) in [4.78, 5) is 2.32. The molecule has 2 aliphatic rings. The molecule has 2 saturated heterocycles. The van der Waals surface area contributed by atoms with Crippen molar-refractivity contribution in [3.05, 3.63) is 48.0 Å². The number of rotatable bonds is 4. The van der Waals surface area contributed by atoms with Gasteiger partial charge in [0.1, 0.15) is 6.07 Å². The standard InChI is InChI=1S/C26H30N4O3S/c1-19(2)30-25-17-22(28-12-14-33-15-13-28)9-10-23(25)24(18-27)26(30)20-5-7-21(8-6-20)29-11-3-4-16-34(29,31)32/h5-10,17,19H,3-4,11-16H2,1-2H3. The molecule has 3 aromatic rings. The molecule has 0 saturated carbocycles. The summed E-state index contributed by atoms with van der Waals surface area (Å²) >= 11 is 0. The third-order valence-electron chi connectivity index (χ3n) is 6.77. The molecule has 34 heavy (non-hydrogen) atoms. The number of sulfonamides is 1. The van der Waals surface area contributed by atoms with Crippen molar-refractivity contribution in [1.29, 1.82) is 5.26 Å². The van der Waals surface area contributed by atoms with Gasteiger partial charge >= 0.3 is 0 Å². The maximum absolute atomic E-state index is 12.5. The number of benzene rings is 2. The zero-order valence-electron chi connectivity index (χ0n) is 19.7. The van der Waals surface area contributed by atoms with Crippen molar-refractivity contribution >= 4 is 32.3 Å². The number of nitrogens with zero attached hydrogens (tertiary/aromatic N) is 4. The zero-order valence-corrected chi connectivity index (χ0v) is 20.5. The topological polar surface area (TPSA) is 78.6 Å². The Hall–Kier alpha value is -3.02. The Morgan fingerprint density at radius 2 is 1.68 bits per heavy atom. The molecule has 2 aliphatic heterocycles. The van der Waals surface area contributed by atoms with Crippen LogP contribution in [0.2, 0.25) is 0 Å². The van der Waals surface area contributed by atoms with Crippen molar-refractivity contribution < 1.29 is 13.2 Å². The van der Waals surface area contributed by atoms with E-state index in [-0.39, 0.29) is 11.8 Å². The Morgan fingerprint density at radius 1 is 0.971 bits per heavy atom. The van der Waals surface area contributed by atoms with Crippen LogP contribution in [0.4, 0.5) is 11.4 Å². The first kappa shape index (κ1) is 22.8. The molecular formula is C26H30N4O3S. The molecule has 3 heterocycles. The van der Waals surface area contributed by atoms with Crippen LogP contribution in [-0.2, 0) is 14.8 Å². The Kier molecular flexibility index (Phi) is 6.00. The Balaban J connectivity index is 1.61. The van der Waals surface area contributed by atoms with Gasteiger partial charge in [0.15, 0.2) is 0 Å². The molecule has 0 bridgehead atoms. The van der Waals surface area contributed by atoms with E-state index in [4.69, 9.17) is 4.74 Å². The number of morpholine rings is 1. The summed E-state index contributed by atoms with van der Waals surface area (Å²) in [7, 11) is -3.26. The lowest BCUT2D eigenvalue weighted by molar-refractivity contribution is 0.122. The van der Waals surface area contributed by atoms with E-state index in [2.05, 4.69) is 47.6 Å². The van der Waals surface area contributed by atoms with Crippen molar-refractivity contribution in [2.75, 3.05) is 47.8 Å². The van der Waals surface area contributed by atoms with Crippen LogP contribution in [0.15, 0.2) is 42.5 Å². The number of aromatic nitrogens is 1. The largest absolute Gasteiger partial charge is 0.378 e. The number of fused-ring (bicyclic) bond motifs is 1. The van der Waals surface area contributed by atoms with E-state index in [1.54, 1.807) is 0 Å². The van der Waals surface area contributed by atoms with E-state index < -0.39 is 10.0 Å². The molecule has 0 N–H and O–H groups in total. The first-order valence-corrected chi connectivity index (χ1v) is 13.5. The fraction of sp³-hybridized carbons (Fsp3) is 0.423. The van der Waals surface area contributed by atoms with Gasteiger partial charge in [-0.25, -0.2) is 8.42 Å². The van der Waals surface area contributed by atoms with Gasteiger partial charge in [-0.15, -0.1) is 0 Å². The minimum Gasteiger partial charge on any atom is -0.378 e. The minimum atomic E-state index is -3.26. The molecule has 0 atom stereocenters. The average molecular weight is 479 g/mol. The summed E-state index contributed by atoms with van der Waals surface area (Å²) in [6.07, 6.45) is 1.58. The first-order chi connectivity index (χ1) is 16.4. The van der Waals surface area contributed by atoms with E-state index in [1.807, 2.05) is 24.3 Å². The summed E-state index contributed by atoms with van der Waals surface area (Å²) in [5.74, 6) is 0.195. The van der Waals surface area contributed by atoms with Gasteiger partial charge in [0.05, 0.1) is 41.4 Å². The summed E-state index contributed by atoms with van der Waals surface area (Å²) in [5.41, 5.74) is 5.29. The third kappa shape index (κ3) is 3.93. The first-order valence-electron chi connectivity index (χ1n) is 11.9. The van der Waals surface area contributed by atoms with E-state index in [0.717, 1.165) is 60.6 Å². The quantitative estimate of drug-likeness (QED) is 0.551. The maximum atomic E-state index is 12.5.